The minimum absolute atomic E-state index is 0.480. The van der Waals surface area contributed by atoms with Crippen molar-refractivity contribution >= 4 is 11.6 Å². The number of aliphatic hydroxyl groups is 1. The molecule has 0 aliphatic rings. The van der Waals surface area contributed by atoms with Gasteiger partial charge < -0.3 is 9.52 Å². The third-order valence-electron chi connectivity index (χ3n) is 2.54. The number of hydrogen-bond acceptors (Lipinski definition) is 2. The molecule has 0 bridgehead atoms. The van der Waals surface area contributed by atoms with Gasteiger partial charge in [-0.25, -0.2) is 0 Å². The van der Waals surface area contributed by atoms with E-state index in [0.29, 0.717) is 11.4 Å². The summed E-state index contributed by atoms with van der Waals surface area (Å²) >= 11 is 5.93. The van der Waals surface area contributed by atoms with Crippen molar-refractivity contribution in [2.45, 2.75) is 19.4 Å². The van der Waals surface area contributed by atoms with E-state index in [4.69, 9.17) is 16.0 Å². The smallest absolute Gasteiger partial charge is 0.106 e. The van der Waals surface area contributed by atoms with Gasteiger partial charge in [0, 0.05) is 11.4 Å². The summed E-state index contributed by atoms with van der Waals surface area (Å²) in [4.78, 5) is 0. The first-order valence-corrected chi connectivity index (χ1v) is 5.51. The predicted octanol–water partition coefficient (Wildman–Crippen LogP) is 3.52. The van der Waals surface area contributed by atoms with Crippen molar-refractivity contribution in [1.82, 2.24) is 0 Å². The Morgan fingerprint density at radius 1 is 1.38 bits per heavy atom. The van der Waals surface area contributed by atoms with E-state index in [1.165, 1.54) is 0 Å². The zero-order valence-electron chi connectivity index (χ0n) is 8.98. The van der Waals surface area contributed by atoms with Gasteiger partial charge in [-0.2, -0.15) is 0 Å². The minimum atomic E-state index is -0.554. The third kappa shape index (κ3) is 2.46. The second-order valence-electron chi connectivity index (χ2n) is 3.81. The van der Waals surface area contributed by atoms with Crippen molar-refractivity contribution in [3.63, 3.8) is 0 Å². The number of halogens is 1. The highest BCUT2D eigenvalue weighted by molar-refractivity contribution is 6.31. The maximum atomic E-state index is 10.0. The molecule has 1 heterocycles. The van der Waals surface area contributed by atoms with Crippen LogP contribution in [0.3, 0.4) is 0 Å². The van der Waals surface area contributed by atoms with Crippen LogP contribution in [0, 0.1) is 6.92 Å². The maximum Gasteiger partial charge on any atom is 0.106 e. The monoisotopic (exact) mass is 236 g/mol. The molecular weight excluding hydrogens is 224 g/mol. The van der Waals surface area contributed by atoms with E-state index in [-0.39, 0.29) is 0 Å². The summed E-state index contributed by atoms with van der Waals surface area (Å²) in [6, 6.07) is 9.21. The van der Waals surface area contributed by atoms with Gasteiger partial charge in [0.05, 0.1) is 12.4 Å². The Morgan fingerprint density at radius 2 is 2.19 bits per heavy atom. The van der Waals surface area contributed by atoms with Gasteiger partial charge in [0.15, 0.2) is 0 Å². The molecule has 0 aliphatic carbocycles. The summed E-state index contributed by atoms with van der Waals surface area (Å²) in [6.45, 7) is 1.92. The van der Waals surface area contributed by atoms with Crippen LogP contribution in [0.1, 0.15) is 23.0 Å². The highest BCUT2D eigenvalue weighted by Gasteiger charge is 2.11. The molecule has 0 fully saturated rings. The Kier molecular flexibility index (Phi) is 3.32. The van der Waals surface area contributed by atoms with Gasteiger partial charge in [-0.1, -0.05) is 23.7 Å². The van der Waals surface area contributed by atoms with Crippen LogP contribution in [0.4, 0.5) is 0 Å². The average Bonchev–Trinajstić information content (AvgIpc) is 2.74. The molecule has 1 unspecified atom stereocenters. The topological polar surface area (TPSA) is 33.4 Å². The predicted molar refractivity (Wildman–Crippen MR) is 63.6 cm³/mol. The summed E-state index contributed by atoms with van der Waals surface area (Å²) in [5.74, 6) is 0.778. The van der Waals surface area contributed by atoms with E-state index in [0.717, 1.165) is 16.9 Å². The van der Waals surface area contributed by atoms with Crippen molar-refractivity contribution in [3.05, 3.63) is 58.5 Å². The zero-order chi connectivity index (χ0) is 11.5. The van der Waals surface area contributed by atoms with Crippen LogP contribution in [0.5, 0.6) is 0 Å². The molecule has 0 aliphatic heterocycles. The molecule has 84 valence electrons. The lowest BCUT2D eigenvalue weighted by Crippen LogP contribution is -2.01. The van der Waals surface area contributed by atoms with Crippen LogP contribution in [0.15, 0.2) is 41.0 Å². The van der Waals surface area contributed by atoms with Gasteiger partial charge in [-0.3, -0.25) is 0 Å². The van der Waals surface area contributed by atoms with E-state index in [1.807, 2.05) is 31.2 Å². The van der Waals surface area contributed by atoms with Crippen molar-refractivity contribution in [1.29, 1.82) is 0 Å². The van der Waals surface area contributed by atoms with Crippen molar-refractivity contribution < 1.29 is 9.52 Å². The summed E-state index contributed by atoms with van der Waals surface area (Å²) < 4.78 is 5.19. The van der Waals surface area contributed by atoms with Gasteiger partial charge in [-0.15, -0.1) is 0 Å². The Balaban J connectivity index is 2.14. The van der Waals surface area contributed by atoms with Gasteiger partial charge >= 0.3 is 0 Å². The van der Waals surface area contributed by atoms with Gasteiger partial charge in [0.2, 0.25) is 0 Å². The SMILES string of the molecule is Cc1cc(C(O)Cc2ccco2)ccc1Cl. The molecule has 2 nitrogen and oxygen atoms in total. The van der Waals surface area contributed by atoms with Crippen molar-refractivity contribution in [3.8, 4) is 0 Å². The molecule has 0 saturated heterocycles. The lowest BCUT2D eigenvalue weighted by molar-refractivity contribution is 0.170. The van der Waals surface area contributed by atoms with Crippen LogP contribution >= 0.6 is 11.6 Å². The fourth-order valence-electron chi connectivity index (χ4n) is 1.61. The second kappa shape index (κ2) is 4.73. The summed E-state index contributed by atoms with van der Waals surface area (Å²) in [5, 5.41) is 10.7. The summed E-state index contributed by atoms with van der Waals surface area (Å²) in [7, 11) is 0. The van der Waals surface area contributed by atoms with Crippen LogP contribution < -0.4 is 0 Å². The first-order chi connectivity index (χ1) is 7.66. The molecule has 1 N–H and O–H groups in total. The number of rotatable bonds is 3. The van der Waals surface area contributed by atoms with E-state index in [2.05, 4.69) is 0 Å². The molecule has 0 spiro atoms. The molecule has 2 aromatic rings. The maximum absolute atomic E-state index is 10.0. The van der Waals surface area contributed by atoms with Crippen LogP contribution in [0.2, 0.25) is 5.02 Å². The van der Waals surface area contributed by atoms with E-state index in [1.54, 1.807) is 12.3 Å². The quantitative estimate of drug-likeness (QED) is 0.885. The molecule has 0 amide bonds. The first-order valence-electron chi connectivity index (χ1n) is 5.13. The molecule has 3 heteroatoms. The largest absolute Gasteiger partial charge is 0.469 e. The lowest BCUT2D eigenvalue weighted by atomic mass is 10.0. The minimum Gasteiger partial charge on any atom is -0.469 e. The Morgan fingerprint density at radius 3 is 2.81 bits per heavy atom. The highest BCUT2D eigenvalue weighted by atomic mass is 35.5. The van der Waals surface area contributed by atoms with Crippen LogP contribution in [0.25, 0.3) is 0 Å². The fraction of sp³-hybridized carbons (Fsp3) is 0.231. The number of furan rings is 1. The van der Waals surface area contributed by atoms with Crippen LogP contribution in [-0.2, 0) is 6.42 Å². The van der Waals surface area contributed by atoms with Crippen molar-refractivity contribution in [2.24, 2.45) is 0 Å². The zero-order valence-corrected chi connectivity index (χ0v) is 9.74. The molecule has 0 radical (unpaired) electrons. The van der Waals surface area contributed by atoms with Gasteiger partial charge in [-0.05, 0) is 36.2 Å². The molecule has 0 saturated carbocycles. The molecule has 1 aromatic carbocycles. The van der Waals surface area contributed by atoms with Crippen LogP contribution in [-0.4, -0.2) is 5.11 Å². The standard InChI is InChI=1S/C13H13ClO2/c1-9-7-10(4-5-12(9)14)13(15)8-11-3-2-6-16-11/h2-7,13,15H,8H2,1H3. The van der Waals surface area contributed by atoms with E-state index in [9.17, 15) is 5.11 Å². The number of benzene rings is 1. The Labute approximate surface area is 99.5 Å². The molecule has 1 atom stereocenters. The number of aryl methyl sites for hydroxylation is 1. The van der Waals surface area contributed by atoms with E-state index >= 15 is 0 Å². The van der Waals surface area contributed by atoms with Crippen molar-refractivity contribution in [2.75, 3.05) is 0 Å². The number of aliphatic hydroxyl groups excluding tert-OH is 1. The lowest BCUT2D eigenvalue weighted by Gasteiger charge is -2.10. The highest BCUT2D eigenvalue weighted by Crippen LogP contribution is 2.23. The molecule has 1 aromatic heterocycles. The second-order valence-corrected chi connectivity index (χ2v) is 4.22. The fourth-order valence-corrected chi connectivity index (χ4v) is 1.73. The normalized spacial score (nSPS) is 12.7. The van der Waals surface area contributed by atoms with Gasteiger partial charge in [0.25, 0.3) is 0 Å². The Bertz CT molecular complexity index is 463. The summed E-state index contributed by atoms with van der Waals surface area (Å²) in [5.41, 5.74) is 1.83. The molecule has 16 heavy (non-hydrogen) atoms. The number of hydrogen-bond donors (Lipinski definition) is 1. The summed E-state index contributed by atoms with van der Waals surface area (Å²) in [6.07, 6.45) is 1.53. The van der Waals surface area contributed by atoms with E-state index < -0.39 is 6.10 Å². The molecule has 2 rings (SSSR count). The Hall–Kier alpha value is -1.25. The molecular formula is C13H13ClO2. The average molecular weight is 237 g/mol. The van der Waals surface area contributed by atoms with Gasteiger partial charge in [0.1, 0.15) is 5.76 Å². The third-order valence-corrected chi connectivity index (χ3v) is 2.97. The first kappa shape index (κ1) is 11.2.